The summed E-state index contributed by atoms with van der Waals surface area (Å²) < 4.78 is 0. The topological polar surface area (TPSA) is 81.7 Å². The molecule has 1 saturated heterocycles. The first-order valence-corrected chi connectivity index (χ1v) is 11.0. The summed E-state index contributed by atoms with van der Waals surface area (Å²) in [6.07, 6.45) is 3.19. The Labute approximate surface area is 193 Å². The van der Waals surface area contributed by atoms with Crippen molar-refractivity contribution in [3.63, 3.8) is 0 Å². The molecule has 6 heteroatoms. The molecule has 168 valence electrons. The normalized spacial score (nSPS) is 13.3. The third-order valence-electron chi connectivity index (χ3n) is 5.65. The standard InChI is InChI=1S/C27H27N3O3/c31-26(23-12-10-20(11-13-23)18-21-14-16-28-17-15-21)29-24-8-4-5-9-25(24)30(27(32)33)19-22-6-2-1-3-7-22/h1-13,18,28H,14-17,19H2,(H,29,31)(H,32,33). The molecule has 4 rings (SSSR count). The number of nitrogens with zero attached hydrogens (tertiary/aromatic N) is 1. The van der Waals surface area contributed by atoms with E-state index >= 15 is 0 Å². The lowest BCUT2D eigenvalue weighted by molar-refractivity contribution is 0.102. The molecule has 0 aromatic heterocycles. The summed E-state index contributed by atoms with van der Waals surface area (Å²) in [7, 11) is 0. The lowest BCUT2D eigenvalue weighted by atomic mass is 10.0. The van der Waals surface area contributed by atoms with E-state index in [4.69, 9.17) is 0 Å². The van der Waals surface area contributed by atoms with Gasteiger partial charge in [-0.15, -0.1) is 0 Å². The van der Waals surface area contributed by atoms with Gasteiger partial charge in [0.1, 0.15) is 0 Å². The van der Waals surface area contributed by atoms with Gasteiger partial charge in [0.05, 0.1) is 17.9 Å². The van der Waals surface area contributed by atoms with Gasteiger partial charge in [-0.05, 0) is 61.3 Å². The van der Waals surface area contributed by atoms with E-state index in [1.165, 1.54) is 10.5 Å². The molecule has 0 unspecified atom stereocenters. The highest BCUT2D eigenvalue weighted by Crippen LogP contribution is 2.28. The maximum Gasteiger partial charge on any atom is 0.412 e. The summed E-state index contributed by atoms with van der Waals surface area (Å²) >= 11 is 0. The fourth-order valence-corrected chi connectivity index (χ4v) is 3.89. The second-order valence-electron chi connectivity index (χ2n) is 8.00. The Morgan fingerprint density at radius 2 is 1.58 bits per heavy atom. The third kappa shape index (κ3) is 5.87. The van der Waals surface area contributed by atoms with Crippen LogP contribution in [0, 0.1) is 0 Å². The first-order valence-electron chi connectivity index (χ1n) is 11.0. The maximum atomic E-state index is 12.9. The number of carbonyl (C=O) groups excluding carboxylic acids is 1. The van der Waals surface area contributed by atoms with Crippen molar-refractivity contribution in [2.45, 2.75) is 19.4 Å². The highest BCUT2D eigenvalue weighted by molar-refractivity contribution is 6.07. The Morgan fingerprint density at radius 1 is 0.909 bits per heavy atom. The molecule has 33 heavy (non-hydrogen) atoms. The van der Waals surface area contributed by atoms with E-state index in [1.54, 1.807) is 36.4 Å². The van der Waals surface area contributed by atoms with Crippen molar-refractivity contribution in [1.29, 1.82) is 0 Å². The van der Waals surface area contributed by atoms with Crippen molar-refractivity contribution < 1.29 is 14.7 Å². The Bertz CT molecular complexity index is 1130. The molecule has 1 fully saturated rings. The zero-order valence-corrected chi connectivity index (χ0v) is 18.3. The second-order valence-corrected chi connectivity index (χ2v) is 8.00. The molecule has 0 atom stereocenters. The summed E-state index contributed by atoms with van der Waals surface area (Å²) in [5.74, 6) is -0.284. The molecule has 3 aromatic rings. The van der Waals surface area contributed by atoms with Crippen LogP contribution in [0.1, 0.15) is 34.3 Å². The molecule has 0 bridgehead atoms. The molecule has 1 aliphatic heterocycles. The average molecular weight is 442 g/mol. The zero-order valence-electron chi connectivity index (χ0n) is 18.3. The van der Waals surface area contributed by atoms with Crippen molar-refractivity contribution in [3.05, 3.63) is 101 Å². The van der Waals surface area contributed by atoms with Crippen molar-refractivity contribution in [3.8, 4) is 0 Å². The first-order chi connectivity index (χ1) is 16.1. The van der Waals surface area contributed by atoms with E-state index in [0.717, 1.165) is 37.1 Å². The first kappa shape index (κ1) is 22.3. The molecule has 0 saturated carbocycles. The Balaban J connectivity index is 1.51. The number of piperidine rings is 1. The van der Waals surface area contributed by atoms with Gasteiger partial charge in [0.2, 0.25) is 0 Å². The van der Waals surface area contributed by atoms with E-state index < -0.39 is 6.09 Å². The number of hydrogen-bond acceptors (Lipinski definition) is 3. The quantitative estimate of drug-likeness (QED) is 0.479. The van der Waals surface area contributed by atoms with Gasteiger partial charge in [-0.1, -0.05) is 66.2 Å². The number of para-hydroxylation sites is 2. The molecular formula is C27H27N3O3. The Hall–Kier alpha value is -3.90. The highest BCUT2D eigenvalue weighted by Gasteiger charge is 2.19. The smallest absolute Gasteiger partial charge is 0.412 e. The molecule has 1 aliphatic rings. The van der Waals surface area contributed by atoms with Gasteiger partial charge in [-0.25, -0.2) is 4.79 Å². The minimum absolute atomic E-state index is 0.182. The number of carbonyl (C=O) groups is 2. The number of anilines is 2. The van der Waals surface area contributed by atoms with Gasteiger partial charge in [0.15, 0.2) is 0 Å². The van der Waals surface area contributed by atoms with E-state index in [-0.39, 0.29) is 12.5 Å². The fourth-order valence-electron chi connectivity index (χ4n) is 3.89. The molecule has 6 nitrogen and oxygen atoms in total. The number of rotatable bonds is 6. The number of amides is 2. The minimum atomic E-state index is -1.09. The maximum absolute atomic E-state index is 12.9. The van der Waals surface area contributed by atoms with Crippen LogP contribution >= 0.6 is 0 Å². The zero-order chi connectivity index (χ0) is 23.0. The van der Waals surface area contributed by atoms with E-state index in [2.05, 4.69) is 16.7 Å². The van der Waals surface area contributed by atoms with Gasteiger partial charge in [0.25, 0.3) is 5.91 Å². The van der Waals surface area contributed by atoms with E-state index in [1.807, 2.05) is 42.5 Å². The van der Waals surface area contributed by atoms with Crippen LogP contribution in [-0.4, -0.2) is 30.2 Å². The molecule has 3 N–H and O–H groups in total. The Morgan fingerprint density at radius 3 is 2.27 bits per heavy atom. The second kappa shape index (κ2) is 10.6. The minimum Gasteiger partial charge on any atom is -0.465 e. The summed E-state index contributed by atoms with van der Waals surface area (Å²) in [5, 5.41) is 16.1. The van der Waals surface area contributed by atoms with E-state index in [0.29, 0.717) is 16.9 Å². The van der Waals surface area contributed by atoms with Gasteiger partial charge < -0.3 is 15.7 Å². The third-order valence-corrected chi connectivity index (χ3v) is 5.65. The van der Waals surface area contributed by atoms with Crippen molar-refractivity contribution in [1.82, 2.24) is 5.32 Å². The van der Waals surface area contributed by atoms with E-state index in [9.17, 15) is 14.7 Å². The van der Waals surface area contributed by atoms with Crippen molar-refractivity contribution in [2.75, 3.05) is 23.3 Å². The van der Waals surface area contributed by atoms with Crippen molar-refractivity contribution in [2.24, 2.45) is 0 Å². The predicted molar refractivity (Wildman–Crippen MR) is 132 cm³/mol. The molecule has 2 amide bonds. The number of carboxylic acid groups (broad SMARTS) is 1. The van der Waals surface area contributed by atoms with Gasteiger partial charge >= 0.3 is 6.09 Å². The van der Waals surface area contributed by atoms with Crippen LogP contribution in [-0.2, 0) is 6.54 Å². The number of benzene rings is 3. The fraction of sp³-hybridized carbons (Fsp3) is 0.185. The average Bonchev–Trinajstić information content (AvgIpc) is 2.85. The molecule has 0 aliphatic carbocycles. The lowest BCUT2D eigenvalue weighted by Crippen LogP contribution is -2.29. The lowest BCUT2D eigenvalue weighted by Gasteiger charge is -2.22. The van der Waals surface area contributed by atoms with Gasteiger partial charge in [-0.3, -0.25) is 9.69 Å². The summed E-state index contributed by atoms with van der Waals surface area (Å²) in [5.41, 5.74) is 4.73. The number of hydrogen-bond donors (Lipinski definition) is 3. The Kier molecular flexibility index (Phi) is 7.17. The SMILES string of the molecule is O=C(Nc1ccccc1N(Cc1ccccc1)C(=O)O)c1ccc(C=C2CCNCC2)cc1. The summed E-state index contributed by atoms with van der Waals surface area (Å²) in [4.78, 5) is 26.2. The number of nitrogens with one attached hydrogen (secondary N) is 2. The monoisotopic (exact) mass is 441 g/mol. The summed E-state index contributed by atoms with van der Waals surface area (Å²) in [6, 6.07) is 23.8. The molecule has 0 spiro atoms. The van der Waals surface area contributed by atoms with Gasteiger partial charge in [-0.2, -0.15) is 0 Å². The van der Waals surface area contributed by atoms with Crippen LogP contribution in [0.15, 0.2) is 84.4 Å². The largest absolute Gasteiger partial charge is 0.465 e. The molecule has 3 aromatic carbocycles. The van der Waals surface area contributed by atoms with Crippen LogP contribution in [0.3, 0.4) is 0 Å². The van der Waals surface area contributed by atoms with Crippen LogP contribution in [0.25, 0.3) is 6.08 Å². The highest BCUT2D eigenvalue weighted by atomic mass is 16.4. The van der Waals surface area contributed by atoms with Crippen molar-refractivity contribution >= 4 is 29.5 Å². The summed E-state index contributed by atoms with van der Waals surface area (Å²) in [6.45, 7) is 2.19. The molecular weight excluding hydrogens is 414 g/mol. The van der Waals surface area contributed by atoms with Crippen LogP contribution in [0.5, 0.6) is 0 Å². The predicted octanol–water partition coefficient (Wildman–Crippen LogP) is 5.39. The van der Waals surface area contributed by atoms with Gasteiger partial charge in [0, 0.05) is 5.56 Å². The van der Waals surface area contributed by atoms with Crippen LogP contribution in [0.4, 0.5) is 16.2 Å². The molecule has 1 heterocycles. The molecule has 0 radical (unpaired) electrons. The van der Waals surface area contributed by atoms with Crippen LogP contribution in [0.2, 0.25) is 0 Å². The van der Waals surface area contributed by atoms with Crippen LogP contribution < -0.4 is 15.5 Å².